The first kappa shape index (κ1) is 14.5. The van der Waals surface area contributed by atoms with Crippen molar-refractivity contribution < 1.29 is 4.52 Å². The summed E-state index contributed by atoms with van der Waals surface area (Å²) in [6, 6.07) is 0. The largest absolute Gasteiger partial charge is 0.339 e. The van der Waals surface area contributed by atoms with Gasteiger partial charge in [-0.2, -0.15) is 16.7 Å². The van der Waals surface area contributed by atoms with E-state index in [4.69, 9.17) is 4.52 Å². The van der Waals surface area contributed by atoms with Gasteiger partial charge in [-0.15, -0.1) is 0 Å². The topological polar surface area (TPSA) is 51.0 Å². The van der Waals surface area contributed by atoms with Crippen molar-refractivity contribution in [3.05, 3.63) is 11.7 Å². The first-order valence-corrected chi connectivity index (χ1v) is 7.39. The molecule has 1 rings (SSSR count). The van der Waals surface area contributed by atoms with Gasteiger partial charge >= 0.3 is 0 Å². The molecule has 5 heteroatoms. The predicted molar refractivity (Wildman–Crippen MR) is 72.3 cm³/mol. The molecule has 1 N–H and O–H groups in total. The highest BCUT2D eigenvalue weighted by Gasteiger charge is 2.13. The number of aromatic nitrogens is 2. The Labute approximate surface area is 108 Å². The molecule has 0 radical (unpaired) electrons. The third kappa shape index (κ3) is 5.55. The van der Waals surface area contributed by atoms with E-state index in [0.717, 1.165) is 36.3 Å². The molecule has 1 unspecified atom stereocenters. The molecule has 0 aliphatic heterocycles. The molecule has 98 valence electrons. The number of thioether (sulfide) groups is 1. The van der Waals surface area contributed by atoms with Crippen LogP contribution in [0.25, 0.3) is 0 Å². The lowest BCUT2D eigenvalue weighted by molar-refractivity contribution is 0.352. The number of nitrogens with zero attached hydrogens (tertiary/aromatic N) is 2. The van der Waals surface area contributed by atoms with Gasteiger partial charge in [0.1, 0.15) is 0 Å². The van der Waals surface area contributed by atoms with E-state index < -0.39 is 0 Å². The highest BCUT2D eigenvalue weighted by atomic mass is 32.2. The van der Waals surface area contributed by atoms with Gasteiger partial charge in [-0.1, -0.05) is 32.9 Å². The lowest BCUT2D eigenvalue weighted by Crippen LogP contribution is -2.19. The van der Waals surface area contributed by atoms with Crippen molar-refractivity contribution in [3.63, 3.8) is 0 Å². The van der Waals surface area contributed by atoms with Gasteiger partial charge in [0.05, 0.1) is 5.75 Å². The fourth-order valence-corrected chi connectivity index (χ4v) is 2.25. The van der Waals surface area contributed by atoms with Gasteiger partial charge in [0.15, 0.2) is 5.82 Å². The molecule has 17 heavy (non-hydrogen) atoms. The number of rotatable bonds is 8. The normalized spacial score (nSPS) is 13.2. The van der Waals surface area contributed by atoms with Gasteiger partial charge in [0.25, 0.3) is 0 Å². The van der Waals surface area contributed by atoms with E-state index in [-0.39, 0.29) is 5.92 Å². The minimum Gasteiger partial charge on any atom is -0.339 e. The second-order valence-electron chi connectivity index (χ2n) is 4.67. The molecule has 0 aliphatic rings. The zero-order valence-electron chi connectivity index (χ0n) is 11.2. The molecule has 1 heterocycles. The average Bonchev–Trinajstić information content (AvgIpc) is 2.74. The molecule has 1 aromatic rings. The van der Waals surface area contributed by atoms with E-state index in [1.807, 2.05) is 11.8 Å². The van der Waals surface area contributed by atoms with Crippen molar-refractivity contribution in [1.82, 2.24) is 15.5 Å². The Bertz CT molecular complexity index is 314. The lowest BCUT2D eigenvalue weighted by atomic mass is 10.2. The molecular weight excluding hydrogens is 234 g/mol. The minimum absolute atomic E-state index is 0.284. The van der Waals surface area contributed by atoms with Crippen LogP contribution >= 0.6 is 11.8 Å². The zero-order valence-corrected chi connectivity index (χ0v) is 12.0. The van der Waals surface area contributed by atoms with Gasteiger partial charge in [-0.05, 0) is 18.2 Å². The third-order valence-electron chi connectivity index (χ3n) is 2.29. The van der Waals surface area contributed by atoms with Gasteiger partial charge in [-0.25, -0.2) is 0 Å². The second kappa shape index (κ2) is 7.71. The van der Waals surface area contributed by atoms with Crippen LogP contribution in [0.2, 0.25) is 0 Å². The lowest BCUT2D eigenvalue weighted by Gasteiger charge is -2.05. The Kier molecular flexibility index (Phi) is 6.58. The Morgan fingerprint density at radius 2 is 2.12 bits per heavy atom. The molecule has 0 aromatic carbocycles. The molecule has 0 saturated carbocycles. The number of likely N-dealkylation sites (N-methyl/N-ethyl adjacent to an activating group) is 1. The smallest absolute Gasteiger partial charge is 0.230 e. The molecule has 1 atom stereocenters. The molecule has 0 fully saturated rings. The summed E-state index contributed by atoms with van der Waals surface area (Å²) in [4.78, 5) is 4.42. The minimum atomic E-state index is 0.284. The third-order valence-corrected chi connectivity index (χ3v) is 3.65. The maximum absolute atomic E-state index is 5.27. The van der Waals surface area contributed by atoms with Crippen LogP contribution in [0.4, 0.5) is 0 Å². The van der Waals surface area contributed by atoms with E-state index in [2.05, 4.69) is 43.2 Å². The van der Waals surface area contributed by atoms with E-state index in [9.17, 15) is 0 Å². The summed E-state index contributed by atoms with van der Waals surface area (Å²) in [5.74, 6) is 4.53. The Hall–Kier alpha value is -0.550. The fraction of sp³-hybridized carbons (Fsp3) is 0.833. The van der Waals surface area contributed by atoms with Gasteiger partial charge in [-0.3, -0.25) is 0 Å². The second-order valence-corrected chi connectivity index (χ2v) is 5.70. The van der Waals surface area contributed by atoms with Gasteiger partial charge in [0.2, 0.25) is 5.89 Å². The molecule has 0 bridgehead atoms. The van der Waals surface area contributed by atoms with Crippen LogP contribution < -0.4 is 5.32 Å². The summed E-state index contributed by atoms with van der Waals surface area (Å²) >= 11 is 1.86. The summed E-state index contributed by atoms with van der Waals surface area (Å²) < 4.78 is 5.27. The van der Waals surface area contributed by atoms with Crippen molar-refractivity contribution in [2.24, 2.45) is 5.92 Å². The first-order chi connectivity index (χ1) is 8.13. The van der Waals surface area contributed by atoms with Crippen LogP contribution in [0.3, 0.4) is 0 Å². The number of nitrogens with one attached hydrogen (secondary N) is 1. The van der Waals surface area contributed by atoms with Crippen LogP contribution in [-0.2, 0) is 5.75 Å². The number of hydrogen-bond donors (Lipinski definition) is 1. The predicted octanol–water partition coefficient (Wildman–Crippen LogP) is 2.67. The van der Waals surface area contributed by atoms with Crippen LogP contribution in [0.5, 0.6) is 0 Å². The Morgan fingerprint density at radius 1 is 1.35 bits per heavy atom. The maximum Gasteiger partial charge on any atom is 0.230 e. The molecule has 0 aliphatic carbocycles. The summed E-state index contributed by atoms with van der Waals surface area (Å²) in [6.07, 6.45) is 0. The molecule has 0 amide bonds. The number of hydrogen-bond acceptors (Lipinski definition) is 5. The van der Waals surface area contributed by atoms with Crippen molar-refractivity contribution in [3.8, 4) is 0 Å². The van der Waals surface area contributed by atoms with Gasteiger partial charge in [0, 0.05) is 12.5 Å². The molecule has 1 aromatic heterocycles. The summed E-state index contributed by atoms with van der Waals surface area (Å²) in [6.45, 7) is 10.5. The molecule has 0 spiro atoms. The standard InChI is InChI=1S/C12H23N3OS/c1-5-13-6-10(4)12-14-11(15-16-12)8-17-7-9(2)3/h9-10,13H,5-8H2,1-4H3. The molecular formula is C12H23N3OS. The van der Waals surface area contributed by atoms with Gasteiger partial charge < -0.3 is 9.84 Å². The van der Waals surface area contributed by atoms with E-state index in [1.54, 1.807) is 0 Å². The van der Waals surface area contributed by atoms with Crippen LogP contribution in [0.15, 0.2) is 4.52 Å². The van der Waals surface area contributed by atoms with E-state index in [1.165, 1.54) is 0 Å². The highest BCUT2D eigenvalue weighted by molar-refractivity contribution is 7.98. The van der Waals surface area contributed by atoms with E-state index in [0.29, 0.717) is 5.92 Å². The van der Waals surface area contributed by atoms with Crippen LogP contribution in [-0.4, -0.2) is 29.0 Å². The summed E-state index contributed by atoms with van der Waals surface area (Å²) in [7, 11) is 0. The highest BCUT2D eigenvalue weighted by Crippen LogP contribution is 2.16. The Morgan fingerprint density at radius 3 is 2.76 bits per heavy atom. The summed E-state index contributed by atoms with van der Waals surface area (Å²) in [5.41, 5.74) is 0. The van der Waals surface area contributed by atoms with E-state index >= 15 is 0 Å². The fourth-order valence-electron chi connectivity index (χ4n) is 1.36. The summed E-state index contributed by atoms with van der Waals surface area (Å²) in [5, 5.41) is 7.29. The van der Waals surface area contributed by atoms with Crippen LogP contribution in [0, 0.1) is 5.92 Å². The average molecular weight is 257 g/mol. The van der Waals surface area contributed by atoms with Crippen molar-refractivity contribution in [2.75, 3.05) is 18.8 Å². The van der Waals surface area contributed by atoms with Crippen molar-refractivity contribution >= 4 is 11.8 Å². The SMILES string of the molecule is CCNCC(C)c1nc(CSCC(C)C)no1. The molecule has 4 nitrogen and oxygen atoms in total. The molecule has 0 saturated heterocycles. The van der Waals surface area contributed by atoms with Crippen molar-refractivity contribution in [1.29, 1.82) is 0 Å². The van der Waals surface area contributed by atoms with Crippen LogP contribution in [0.1, 0.15) is 45.3 Å². The Balaban J connectivity index is 2.36. The first-order valence-electron chi connectivity index (χ1n) is 6.24. The monoisotopic (exact) mass is 257 g/mol. The quantitative estimate of drug-likeness (QED) is 0.776. The van der Waals surface area contributed by atoms with Crippen molar-refractivity contribution in [2.45, 2.75) is 39.4 Å². The zero-order chi connectivity index (χ0) is 12.7. The maximum atomic E-state index is 5.27.